The quantitative estimate of drug-likeness (QED) is 0.846. The molecule has 0 saturated carbocycles. The molecule has 1 aromatic carbocycles. The minimum absolute atomic E-state index is 0.0603. The average Bonchev–Trinajstić information content (AvgIpc) is 2.78. The fourth-order valence-corrected chi connectivity index (χ4v) is 1.84. The lowest BCUT2D eigenvalue weighted by molar-refractivity contribution is 0.0689. The summed E-state index contributed by atoms with van der Waals surface area (Å²) in [6, 6.07) is 3.04. The Balaban J connectivity index is 2.38. The van der Waals surface area contributed by atoms with Gasteiger partial charge in [0.05, 0.1) is 12.2 Å². The van der Waals surface area contributed by atoms with Crippen molar-refractivity contribution in [1.82, 2.24) is 15.0 Å². The smallest absolute Gasteiger partial charge is 0.358 e. The molecular weight excluding hydrogens is 270 g/mol. The van der Waals surface area contributed by atoms with Crippen molar-refractivity contribution >= 4 is 5.97 Å². The molecule has 0 bridgehead atoms. The SMILES string of the molecule is NCCc1c(C(=O)O)nnn1Cc1cc(F)ccc1F. The van der Waals surface area contributed by atoms with Crippen LogP contribution in [0.5, 0.6) is 0 Å². The molecule has 0 unspecified atom stereocenters. The number of aromatic nitrogens is 3. The Morgan fingerprint density at radius 1 is 1.40 bits per heavy atom. The van der Waals surface area contributed by atoms with Crippen molar-refractivity contribution in [3.8, 4) is 0 Å². The van der Waals surface area contributed by atoms with Crippen LogP contribution in [0.15, 0.2) is 18.2 Å². The predicted molar refractivity (Wildman–Crippen MR) is 65.2 cm³/mol. The first-order chi connectivity index (χ1) is 9.52. The van der Waals surface area contributed by atoms with Crippen molar-refractivity contribution in [2.75, 3.05) is 6.54 Å². The third-order valence-electron chi connectivity index (χ3n) is 2.75. The molecule has 8 heteroatoms. The van der Waals surface area contributed by atoms with E-state index in [0.29, 0.717) is 0 Å². The summed E-state index contributed by atoms with van der Waals surface area (Å²) in [6.07, 6.45) is 0.228. The third kappa shape index (κ3) is 2.80. The van der Waals surface area contributed by atoms with Crippen LogP contribution in [0.2, 0.25) is 0 Å². The zero-order valence-electron chi connectivity index (χ0n) is 10.4. The number of hydrogen-bond acceptors (Lipinski definition) is 4. The van der Waals surface area contributed by atoms with E-state index in [1.54, 1.807) is 0 Å². The Labute approximate surface area is 112 Å². The number of benzene rings is 1. The Morgan fingerprint density at radius 3 is 2.80 bits per heavy atom. The van der Waals surface area contributed by atoms with Crippen LogP contribution < -0.4 is 5.73 Å². The van der Waals surface area contributed by atoms with Gasteiger partial charge < -0.3 is 10.8 Å². The lowest BCUT2D eigenvalue weighted by Gasteiger charge is -2.07. The lowest BCUT2D eigenvalue weighted by Crippen LogP contribution is -2.14. The summed E-state index contributed by atoms with van der Waals surface area (Å²) < 4.78 is 27.9. The number of nitrogens with zero attached hydrogens (tertiary/aromatic N) is 3. The van der Waals surface area contributed by atoms with Crippen LogP contribution in [-0.2, 0) is 13.0 Å². The molecule has 0 aliphatic rings. The van der Waals surface area contributed by atoms with E-state index in [4.69, 9.17) is 10.8 Å². The molecule has 0 amide bonds. The van der Waals surface area contributed by atoms with Crippen molar-refractivity contribution < 1.29 is 18.7 Å². The number of carboxylic acids is 1. The molecule has 3 N–H and O–H groups in total. The molecule has 0 atom stereocenters. The van der Waals surface area contributed by atoms with Gasteiger partial charge in [0.2, 0.25) is 0 Å². The van der Waals surface area contributed by atoms with Gasteiger partial charge in [-0.3, -0.25) is 0 Å². The number of nitrogens with two attached hydrogens (primary N) is 1. The Bertz CT molecular complexity index is 642. The highest BCUT2D eigenvalue weighted by atomic mass is 19.1. The number of rotatable bonds is 5. The maximum absolute atomic E-state index is 13.6. The topological polar surface area (TPSA) is 94.0 Å². The van der Waals surface area contributed by atoms with Gasteiger partial charge in [-0.1, -0.05) is 5.21 Å². The number of hydrogen-bond donors (Lipinski definition) is 2. The molecule has 106 valence electrons. The van der Waals surface area contributed by atoms with Crippen molar-refractivity contribution in [1.29, 1.82) is 0 Å². The summed E-state index contributed by atoms with van der Waals surface area (Å²) in [5, 5.41) is 16.2. The maximum Gasteiger partial charge on any atom is 0.358 e. The molecule has 20 heavy (non-hydrogen) atoms. The zero-order chi connectivity index (χ0) is 14.7. The van der Waals surface area contributed by atoms with Crippen LogP contribution in [0.3, 0.4) is 0 Å². The number of aromatic carboxylic acids is 1. The van der Waals surface area contributed by atoms with Crippen molar-refractivity contribution in [2.24, 2.45) is 5.73 Å². The first-order valence-corrected chi connectivity index (χ1v) is 5.82. The Morgan fingerprint density at radius 2 is 2.15 bits per heavy atom. The van der Waals surface area contributed by atoms with Gasteiger partial charge in [0.25, 0.3) is 0 Å². The summed E-state index contributed by atoms with van der Waals surface area (Å²) in [7, 11) is 0. The van der Waals surface area contributed by atoms with E-state index >= 15 is 0 Å². The normalized spacial score (nSPS) is 10.8. The van der Waals surface area contributed by atoms with E-state index in [9.17, 15) is 13.6 Å². The second-order valence-corrected chi connectivity index (χ2v) is 4.12. The summed E-state index contributed by atoms with van der Waals surface area (Å²) in [6.45, 7) is 0.0818. The molecule has 1 heterocycles. The Hall–Kier alpha value is -2.35. The standard InChI is InChI=1S/C12H12F2N4O2/c13-8-1-2-9(14)7(5-8)6-18-10(3-4-15)11(12(19)20)16-17-18/h1-2,5H,3-4,6,15H2,(H,19,20). The molecule has 6 nitrogen and oxygen atoms in total. The Kier molecular flexibility index (Phi) is 4.04. The molecule has 0 fully saturated rings. The van der Waals surface area contributed by atoms with Gasteiger partial charge in [0.1, 0.15) is 11.6 Å². The molecule has 1 aromatic heterocycles. The van der Waals surface area contributed by atoms with Gasteiger partial charge in [-0.15, -0.1) is 5.10 Å². The lowest BCUT2D eigenvalue weighted by atomic mass is 10.2. The van der Waals surface area contributed by atoms with Gasteiger partial charge in [0.15, 0.2) is 5.69 Å². The number of carbonyl (C=O) groups is 1. The van der Waals surface area contributed by atoms with E-state index in [-0.39, 0.29) is 36.5 Å². The highest BCUT2D eigenvalue weighted by molar-refractivity contribution is 5.86. The summed E-state index contributed by atoms with van der Waals surface area (Å²) >= 11 is 0. The van der Waals surface area contributed by atoms with E-state index < -0.39 is 17.6 Å². The van der Waals surface area contributed by atoms with Gasteiger partial charge >= 0.3 is 5.97 Å². The molecule has 2 aromatic rings. The molecule has 0 saturated heterocycles. The monoisotopic (exact) mass is 282 g/mol. The minimum atomic E-state index is -1.24. The second-order valence-electron chi connectivity index (χ2n) is 4.12. The fraction of sp³-hybridized carbons (Fsp3) is 0.250. The summed E-state index contributed by atoms with van der Waals surface area (Å²) in [5.41, 5.74) is 5.52. The molecule has 0 aliphatic heterocycles. The summed E-state index contributed by atoms with van der Waals surface area (Å²) in [4.78, 5) is 11.0. The first-order valence-electron chi connectivity index (χ1n) is 5.82. The minimum Gasteiger partial charge on any atom is -0.476 e. The van der Waals surface area contributed by atoms with Crippen LogP contribution in [0, 0.1) is 11.6 Å². The molecule has 0 radical (unpaired) electrons. The number of carboxylic acid groups (broad SMARTS) is 1. The van der Waals surface area contributed by atoms with Crippen LogP contribution in [0.25, 0.3) is 0 Å². The third-order valence-corrected chi connectivity index (χ3v) is 2.75. The molecule has 0 spiro atoms. The van der Waals surface area contributed by atoms with Gasteiger partial charge in [-0.25, -0.2) is 18.3 Å². The predicted octanol–water partition coefficient (Wildman–Crippen LogP) is 0.804. The van der Waals surface area contributed by atoms with Crippen molar-refractivity contribution in [3.63, 3.8) is 0 Å². The zero-order valence-corrected chi connectivity index (χ0v) is 10.4. The number of halogens is 2. The van der Waals surface area contributed by atoms with Gasteiger partial charge in [0, 0.05) is 12.0 Å². The van der Waals surface area contributed by atoms with Crippen LogP contribution in [0.4, 0.5) is 8.78 Å². The van der Waals surface area contributed by atoms with Crippen LogP contribution in [-0.4, -0.2) is 32.6 Å². The first kappa shape index (κ1) is 14.1. The van der Waals surface area contributed by atoms with E-state index in [0.717, 1.165) is 18.2 Å². The van der Waals surface area contributed by atoms with E-state index in [1.807, 2.05) is 0 Å². The molecular formula is C12H12F2N4O2. The van der Waals surface area contributed by atoms with E-state index in [2.05, 4.69) is 10.3 Å². The van der Waals surface area contributed by atoms with Gasteiger partial charge in [-0.2, -0.15) is 0 Å². The summed E-state index contributed by atoms with van der Waals surface area (Å²) in [5.74, 6) is -2.42. The highest BCUT2D eigenvalue weighted by Gasteiger charge is 2.19. The second kappa shape index (κ2) is 5.74. The molecule has 2 rings (SSSR count). The van der Waals surface area contributed by atoms with Crippen molar-refractivity contribution in [3.05, 3.63) is 46.8 Å². The van der Waals surface area contributed by atoms with Crippen LogP contribution >= 0.6 is 0 Å². The van der Waals surface area contributed by atoms with Crippen LogP contribution in [0.1, 0.15) is 21.7 Å². The fourth-order valence-electron chi connectivity index (χ4n) is 1.84. The highest BCUT2D eigenvalue weighted by Crippen LogP contribution is 2.14. The average molecular weight is 282 g/mol. The molecule has 0 aliphatic carbocycles. The van der Waals surface area contributed by atoms with E-state index in [1.165, 1.54) is 4.68 Å². The maximum atomic E-state index is 13.6. The van der Waals surface area contributed by atoms with Gasteiger partial charge in [-0.05, 0) is 24.7 Å². The van der Waals surface area contributed by atoms with Crippen molar-refractivity contribution in [2.45, 2.75) is 13.0 Å². The largest absolute Gasteiger partial charge is 0.476 e.